The molecule has 0 spiro atoms. The minimum Gasteiger partial charge on any atom is -0.335 e. The maximum atomic E-state index is 11.8. The van der Waals surface area contributed by atoms with Gasteiger partial charge in [-0.25, -0.2) is 4.98 Å². The van der Waals surface area contributed by atoms with Gasteiger partial charge in [0, 0.05) is 46.5 Å². The van der Waals surface area contributed by atoms with E-state index in [4.69, 9.17) is 4.98 Å². The fourth-order valence-electron chi connectivity index (χ4n) is 5.20. The highest BCUT2D eigenvalue weighted by molar-refractivity contribution is 7.17. The van der Waals surface area contributed by atoms with Crippen molar-refractivity contribution in [3.05, 3.63) is 71.6 Å². The summed E-state index contributed by atoms with van der Waals surface area (Å²) in [6.07, 6.45) is 10.0. The number of aromatic amines is 2. The molecule has 38 heavy (non-hydrogen) atoms. The van der Waals surface area contributed by atoms with E-state index in [1.54, 1.807) is 19.3 Å². The van der Waals surface area contributed by atoms with Crippen LogP contribution >= 0.6 is 11.3 Å². The molecule has 1 saturated heterocycles. The standard InChI is InChI=1S/C29H25N7OS/c1-17(37)25-6-7-26(38-25)22-14-31-15-24-27(22)33-29(32-24)28-21-11-19(4-5-23(21)34-35-28)20-10-18(12-30-13-20)16-36-8-2-3-9-36/h4-7,10-15H,2-3,8-9,16H2,1H3,(H,32,33)(H,34,35). The van der Waals surface area contributed by atoms with E-state index in [0.717, 1.165) is 73.7 Å². The molecule has 2 N–H and O–H groups in total. The van der Waals surface area contributed by atoms with Crippen molar-refractivity contribution in [1.29, 1.82) is 0 Å². The zero-order valence-corrected chi connectivity index (χ0v) is 21.7. The van der Waals surface area contributed by atoms with Gasteiger partial charge in [-0.15, -0.1) is 11.3 Å². The van der Waals surface area contributed by atoms with Crippen molar-refractivity contribution in [3.8, 4) is 33.1 Å². The first-order valence-corrected chi connectivity index (χ1v) is 13.5. The van der Waals surface area contributed by atoms with Crippen molar-refractivity contribution in [2.45, 2.75) is 26.3 Å². The monoisotopic (exact) mass is 519 g/mol. The largest absolute Gasteiger partial charge is 0.335 e. The number of hydrogen-bond acceptors (Lipinski definition) is 7. The van der Waals surface area contributed by atoms with Crippen molar-refractivity contribution < 1.29 is 4.79 Å². The number of pyridine rings is 2. The second-order valence-corrected chi connectivity index (χ2v) is 10.9. The van der Waals surface area contributed by atoms with Gasteiger partial charge in [-0.3, -0.25) is 24.8 Å². The molecule has 8 nitrogen and oxygen atoms in total. The maximum Gasteiger partial charge on any atom is 0.169 e. The van der Waals surface area contributed by atoms with Gasteiger partial charge >= 0.3 is 0 Å². The number of likely N-dealkylation sites (tertiary alicyclic amines) is 1. The van der Waals surface area contributed by atoms with Crippen LogP contribution in [0.5, 0.6) is 0 Å². The topological polar surface area (TPSA) is 103 Å². The van der Waals surface area contributed by atoms with Crippen molar-refractivity contribution in [2.75, 3.05) is 13.1 Å². The van der Waals surface area contributed by atoms with Gasteiger partial charge in [0.05, 0.1) is 22.1 Å². The molecular weight excluding hydrogens is 494 g/mol. The normalized spacial score (nSPS) is 14.1. The van der Waals surface area contributed by atoms with E-state index >= 15 is 0 Å². The van der Waals surface area contributed by atoms with Crippen LogP contribution in [0.1, 0.15) is 35.0 Å². The summed E-state index contributed by atoms with van der Waals surface area (Å²) in [6, 6.07) is 12.3. The van der Waals surface area contributed by atoms with Gasteiger partial charge < -0.3 is 4.98 Å². The molecule has 1 aliphatic heterocycles. The number of carbonyl (C=O) groups excluding carboxylic acids is 1. The molecule has 0 atom stereocenters. The lowest BCUT2D eigenvalue weighted by Gasteiger charge is -2.14. The third kappa shape index (κ3) is 4.09. The quantitative estimate of drug-likeness (QED) is 0.258. The van der Waals surface area contributed by atoms with Gasteiger partial charge in [-0.1, -0.05) is 6.07 Å². The zero-order chi connectivity index (χ0) is 25.6. The number of carbonyl (C=O) groups is 1. The highest BCUT2D eigenvalue weighted by Crippen LogP contribution is 2.35. The number of aromatic nitrogens is 6. The number of benzene rings is 1. The Kier molecular flexibility index (Phi) is 5.60. The molecule has 7 rings (SSSR count). The van der Waals surface area contributed by atoms with E-state index in [9.17, 15) is 4.79 Å². The highest BCUT2D eigenvalue weighted by atomic mass is 32.1. The Balaban J connectivity index is 1.27. The summed E-state index contributed by atoms with van der Waals surface area (Å²) in [5, 5.41) is 8.74. The Bertz CT molecular complexity index is 1810. The Labute approximate surface area is 222 Å². The zero-order valence-electron chi connectivity index (χ0n) is 20.9. The van der Waals surface area contributed by atoms with Gasteiger partial charge in [0.15, 0.2) is 11.6 Å². The average Bonchev–Trinajstić information content (AvgIpc) is 3.74. The van der Waals surface area contributed by atoms with Crippen LogP contribution in [0.4, 0.5) is 0 Å². The molecule has 0 radical (unpaired) electrons. The molecule has 0 bridgehead atoms. The first-order valence-electron chi connectivity index (χ1n) is 12.7. The molecule has 0 aliphatic carbocycles. The number of fused-ring (bicyclic) bond motifs is 2. The summed E-state index contributed by atoms with van der Waals surface area (Å²) in [5.74, 6) is 0.724. The Morgan fingerprint density at radius 2 is 1.84 bits per heavy atom. The molecular formula is C29H25N7OS. The van der Waals surface area contributed by atoms with E-state index < -0.39 is 0 Å². The first kappa shape index (κ1) is 22.9. The van der Waals surface area contributed by atoms with Crippen LogP contribution < -0.4 is 0 Å². The van der Waals surface area contributed by atoms with E-state index in [-0.39, 0.29) is 5.78 Å². The van der Waals surface area contributed by atoms with Crippen LogP contribution in [0.2, 0.25) is 0 Å². The summed E-state index contributed by atoms with van der Waals surface area (Å²) in [4.78, 5) is 33.3. The Morgan fingerprint density at radius 3 is 2.68 bits per heavy atom. The van der Waals surface area contributed by atoms with Gasteiger partial charge in [0.1, 0.15) is 11.2 Å². The smallest absolute Gasteiger partial charge is 0.169 e. The molecule has 1 fully saturated rings. The first-order chi connectivity index (χ1) is 18.6. The fraction of sp³-hybridized carbons (Fsp3) is 0.207. The van der Waals surface area contributed by atoms with Crippen LogP contribution in [-0.2, 0) is 6.54 Å². The number of H-pyrrole nitrogens is 2. The minimum atomic E-state index is 0.0553. The van der Waals surface area contributed by atoms with Crippen LogP contribution in [0.3, 0.4) is 0 Å². The second kappa shape index (κ2) is 9.27. The highest BCUT2D eigenvalue weighted by Gasteiger charge is 2.18. The Hall–Kier alpha value is -4.21. The van der Waals surface area contributed by atoms with E-state index in [1.807, 2.05) is 24.5 Å². The molecule has 1 aliphatic rings. The molecule has 5 aromatic heterocycles. The molecule has 0 saturated carbocycles. The van der Waals surface area contributed by atoms with Crippen molar-refractivity contribution in [1.82, 2.24) is 35.0 Å². The summed E-state index contributed by atoms with van der Waals surface area (Å²) in [6.45, 7) is 4.84. The van der Waals surface area contributed by atoms with E-state index in [1.165, 1.54) is 29.7 Å². The molecule has 9 heteroatoms. The van der Waals surface area contributed by atoms with E-state index in [0.29, 0.717) is 5.82 Å². The number of nitrogens with zero attached hydrogens (tertiary/aromatic N) is 5. The van der Waals surface area contributed by atoms with Crippen LogP contribution in [0.15, 0.2) is 61.2 Å². The lowest BCUT2D eigenvalue weighted by molar-refractivity contribution is 0.102. The number of Topliss-reactive ketones (excluding diaryl/α,β-unsaturated/α-hetero) is 1. The molecule has 1 aromatic carbocycles. The minimum absolute atomic E-state index is 0.0553. The number of imidazole rings is 1. The van der Waals surface area contributed by atoms with Crippen molar-refractivity contribution in [3.63, 3.8) is 0 Å². The van der Waals surface area contributed by atoms with Gasteiger partial charge in [-0.2, -0.15) is 5.10 Å². The summed E-state index contributed by atoms with van der Waals surface area (Å²) in [7, 11) is 0. The van der Waals surface area contributed by atoms with Crippen molar-refractivity contribution in [2.24, 2.45) is 0 Å². The SMILES string of the molecule is CC(=O)c1ccc(-c2cncc3[nH]c(-c4n[nH]c5ccc(-c6cncc(CN7CCCC7)c6)cc45)nc23)s1. The number of nitrogens with one attached hydrogen (secondary N) is 2. The van der Waals surface area contributed by atoms with Crippen molar-refractivity contribution >= 4 is 39.1 Å². The van der Waals surface area contributed by atoms with Crippen LogP contribution in [0.25, 0.3) is 55.0 Å². The molecule has 0 amide bonds. The van der Waals surface area contributed by atoms with Gasteiger partial charge in [0.2, 0.25) is 0 Å². The number of hydrogen-bond donors (Lipinski definition) is 2. The van der Waals surface area contributed by atoms with Crippen LogP contribution in [0, 0.1) is 0 Å². The Morgan fingerprint density at radius 1 is 0.974 bits per heavy atom. The second-order valence-electron chi connectivity index (χ2n) is 9.79. The van der Waals surface area contributed by atoms with Gasteiger partial charge in [0.25, 0.3) is 0 Å². The number of ketones is 1. The molecule has 0 unspecified atom stereocenters. The molecule has 188 valence electrons. The lowest BCUT2D eigenvalue weighted by Crippen LogP contribution is -2.18. The van der Waals surface area contributed by atoms with Gasteiger partial charge in [-0.05, 0) is 74.3 Å². The summed E-state index contributed by atoms with van der Waals surface area (Å²) >= 11 is 1.45. The lowest BCUT2D eigenvalue weighted by atomic mass is 10.0. The van der Waals surface area contributed by atoms with E-state index in [2.05, 4.69) is 54.3 Å². The number of thiophene rings is 1. The number of rotatable bonds is 6. The third-order valence-corrected chi connectivity index (χ3v) is 8.35. The molecule has 6 aromatic rings. The fourth-order valence-corrected chi connectivity index (χ4v) is 6.11. The predicted molar refractivity (Wildman–Crippen MR) is 150 cm³/mol. The molecule has 6 heterocycles. The average molecular weight is 520 g/mol. The van der Waals surface area contributed by atoms with Crippen LogP contribution in [-0.4, -0.2) is 53.9 Å². The maximum absolute atomic E-state index is 11.8. The summed E-state index contributed by atoms with van der Waals surface area (Å²) < 4.78 is 0. The predicted octanol–water partition coefficient (Wildman–Crippen LogP) is 6.09. The third-order valence-electron chi connectivity index (χ3n) is 7.13. The summed E-state index contributed by atoms with van der Waals surface area (Å²) in [5.41, 5.74) is 7.61.